The maximum atomic E-state index is 13.5. The van der Waals surface area contributed by atoms with E-state index in [0.29, 0.717) is 6.04 Å². The summed E-state index contributed by atoms with van der Waals surface area (Å²) < 4.78 is 2.33. The summed E-state index contributed by atoms with van der Waals surface area (Å²) in [6.45, 7) is 6.17. The Morgan fingerprint density at radius 1 is 0.853 bits per heavy atom. The second-order valence-electron chi connectivity index (χ2n) is 9.39. The van der Waals surface area contributed by atoms with Gasteiger partial charge in [-0.05, 0) is 49.9 Å². The van der Waals surface area contributed by atoms with Crippen molar-refractivity contribution in [3.05, 3.63) is 96.1 Å². The number of imidazole rings is 1. The average molecular weight is 453 g/mol. The molecule has 1 aliphatic heterocycles. The zero-order valence-corrected chi connectivity index (χ0v) is 19.9. The molecule has 1 N–H and O–H groups in total. The first-order valence-corrected chi connectivity index (χ1v) is 12.2. The molecule has 4 aromatic rings. The lowest BCUT2D eigenvalue weighted by Gasteiger charge is -2.34. The molecule has 1 saturated heterocycles. The number of fused-ring (bicyclic) bond motifs is 1. The number of anilines is 1. The Morgan fingerprint density at radius 3 is 2.00 bits per heavy atom. The molecule has 1 aromatic heterocycles. The molecule has 5 rings (SSSR count). The average Bonchev–Trinajstić information content (AvgIpc) is 3.26. The molecule has 174 valence electrons. The van der Waals surface area contributed by atoms with Crippen LogP contribution in [0.2, 0.25) is 0 Å². The molecule has 5 nitrogen and oxygen atoms in total. The van der Waals surface area contributed by atoms with Gasteiger partial charge in [0.05, 0.1) is 17.0 Å². The maximum Gasteiger partial charge on any atom is 0.232 e. The molecule has 2 heterocycles. The molecule has 0 atom stereocenters. The lowest BCUT2D eigenvalue weighted by Crippen LogP contribution is -2.46. The van der Waals surface area contributed by atoms with Crippen molar-refractivity contribution in [2.24, 2.45) is 0 Å². The summed E-state index contributed by atoms with van der Waals surface area (Å²) in [6.07, 6.45) is 1.81. The second kappa shape index (κ2) is 9.72. The zero-order valence-electron chi connectivity index (χ0n) is 19.9. The number of hydrogen-bond donors (Lipinski definition) is 1. The summed E-state index contributed by atoms with van der Waals surface area (Å²) in [5.74, 6) is 0.809. The fraction of sp³-hybridized carbons (Fsp3) is 0.310. The Balaban J connectivity index is 1.30. The van der Waals surface area contributed by atoms with Gasteiger partial charge in [0.15, 0.2) is 0 Å². The van der Waals surface area contributed by atoms with E-state index in [0.717, 1.165) is 48.5 Å². The van der Waals surface area contributed by atoms with Crippen molar-refractivity contribution in [3.63, 3.8) is 0 Å². The lowest BCUT2D eigenvalue weighted by molar-refractivity contribution is -0.122. The monoisotopic (exact) mass is 452 g/mol. The molecule has 5 heteroatoms. The van der Waals surface area contributed by atoms with E-state index in [1.807, 2.05) is 66.7 Å². The highest BCUT2D eigenvalue weighted by molar-refractivity contribution is 5.87. The molecule has 1 fully saturated rings. The number of benzene rings is 3. The van der Waals surface area contributed by atoms with Crippen LogP contribution < -0.4 is 10.2 Å². The molecular formula is C29H32N4O. The van der Waals surface area contributed by atoms with Crippen LogP contribution in [0, 0.1) is 0 Å². The molecule has 0 spiro atoms. The van der Waals surface area contributed by atoms with Gasteiger partial charge in [0.25, 0.3) is 0 Å². The number of rotatable bonds is 6. The van der Waals surface area contributed by atoms with E-state index in [1.54, 1.807) is 0 Å². The molecule has 3 aromatic carbocycles. The number of aromatic nitrogens is 2. The van der Waals surface area contributed by atoms with Crippen LogP contribution in [0.15, 0.2) is 84.9 Å². The van der Waals surface area contributed by atoms with Gasteiger partial charge in [-0.15, -0.1) is 0 Å². The van der Waals surface area contributed by atoms with Crippen LogP contribution in [0.4, 0.5) is 5.95 Å². The van der Waals surface area contributed by atoms with E-state index < -0.39 is 0 Å². The van der Waals surface area contributed by atoms with Crippen molar-refractivity contribution in [1.29, 1.82) is 0 Å². The molecule has 1 aliphatic rings. The molecule has 0 aliphatic carbocycles. The first-order valence-electron chi connectivity index (χ1n) is 12.2. The third-order valence-electron chi connectivity index (χ3n) is 6.75. The highest BCUT2D eigenvalue weighted by Gasteiger charge is 2.28. The summed E-state index contributed by atoms with van der Waals surface area (Å²) in [6, 6.07) is 29.0. The van der Waals surface area contributed by atoms with Crippen LogP contribution in [0.5, 0.6) is 0 Å². The minimum Gasteiger partial charge on any atom is -0.352 e. The van der Waals surface area contributed by atoms with Gasteiger partial charge in [0, 0.05) is 25.2 Å². The SMILES string of the molecule is CC(C)n1c(N2CCC(NC(=O)C(c3ccccc3)c3ccccc3)CC2)nc2ccccc21. The van der Waals surface area contributed by atoms with Gasteiger partial charge < -0.3 is 14.8 Å². The fourth-order valence-corrected chi connectivity index (χ4v) is 5.06. The van der Waals surface area contributed by atoms with E-state index in [2.05, 4.69) is 46.8 Å². The molecule has 0 unspecified atom stereocenters. The number of hydrogen-bond acceptors (Lipinski definition) is 3. The van der Waals surface area contributed by atoms with E-state index in [9.17, 15) is 4.79 Å². The Hall–Kier alpha value is -3.60. The van der Waals surface area contributed by atoms with Gasteiger partial charge in [0.1, 0.15) is 0 Å². The number of nitrogens with zero attached hydrogens (tertiary/aromatic N) is 3. The van der Waals surface area contributed by atoms with Crippen LogP contribution in [0.25, 0.3) is 11.0 Å². The van der Waals surface area contributed by atoms with Crippen LogP contribution in [0.3, 0.4) is 0 Å². The lowest BCUT2D eigenvalue weighted by atomic mass is 9.90. The molecule has 0 bridgehead atoms. The molecule has 34 heavy (non-hydrogen) atoms. The topological polar surface area (TPSA) is 50.2 Å². The molecule has 1 amide bonds. The molecule has 0 saturated carbocycles. The zero-order chi connectivity index (χ0) is 23.5. The van der Waals surface area contributed by atoms with E-state index in [4.69, 9.17) is 4.98 Å². The van der Waals surface area contributed by atoms with Crippen molar-refractivity contribution < 1.29 is 4.79 Å². The van der Waals surface area contributed by atoms with E-state index >= 15 is 0 Å². The van der Waals surface area contributed by atoms with Crippen molar-refractivity contribution in [1.82, 2.24) is 14.9 Å². The van der Waals surface area contributed by atoms with Crippen molar-refractivity contribution >= 4 is 22.9 Å². The number of piperidine rings is 1. The van der Waals surface area contributed by atoms with Crippen LogP contribution >= 0.6 is 0 Å². The minimum absolute atomic E-state index is 0.0743. The highest BCUT2D eigenvalue weighted by Crippen LogP contribution is 2.29. The second-order valence-corrected chi connectivity index (χ2v) is 9.39. The Kier molecular flexibility index (Phi) is 6.35. The van der Waals surface area contributed by atoms with Gasteiger partial charge in [-0.25, -0.2) is 4.98 Å². The van der Waals surface area contributed by atoms with Crippen LogP contribution in [0.1, 0.15) is 49.8 Å². The Labute approximate surface area is 201 Å². The minimum atomic E-state index is -0.300. The van der Waals surface area contributed by atoms with Crippen LogP contribution in [-0.2, 0) is 4.79 Å². The Bertz CT molecular complexity index is 1200. The number of nitrogens with one attached hydrogen (secondary N) is 1. The number of carbonyl (C=O) groups excluding carboxylic acids is 1. The van der Waals surface area contributed by atoms with Crippen molar-refractivity contribution in [2.75, 3.05) is 18.0 Å². The third kappa shape index (κ3) is 4.43. The van der Waals surface area contributed by atoms with Crippen molar-refractivity contribution in [2.45, 2.75) is 44.7 Å². The van der Waals surface area contributed by atoms with E-state index in [1.165, 1.54) is 5.52 Å². The summed E-state index contributed by atoms with van der Waals surface area (Å²) in [4.78, 5) is 20.8. The number of carbonyl (C=O) groups is 1. The summed E-state index contributed by atoms with van der Waals surface area (Å²) >= 11 is 0. The Morgan fingerprint density at radius 2 is 1.41 bits per heavy atom. The number of para-hydroxylation sites is 2. The van der Waals surface area contributed by atoms with Gasteiger partial charge in [-0.2, -0.15) is 0 Å². The maximum absolute atomic E-state index is 13.5. The normalized spacial score (nSPS) is 14.8. The van der Waals surface area contributed by atoms with Crippen molar-refractivity contribution in [3.8, 4) is 0 Å². The first-order chi connectivity index (χ1) is 16.6. The molecular weight excluding hydrogens is 420 g/mol. The highest BCUT2D eigenvalue weighted by atomic mass is 16.2. The van der Waals surface area contributed by atoms with Gasteiger partial charge in [-0.3, -0.25) is 4.79 Å². The predicted octanol–water partition coefficient (Wildman–Crippen LogP) is 5.53. The molecule has 0 radical (unpaired) electrons. The summed E-state index contributed by atoms with van der Waals surface area (Å²) in [7, 11) is 0. The predicted molar refractivity (Wildman–Crippen MR) is 138 cm³/mol. The largest absolute Gasteiger partial charge is 0.352 e. The summed E-state index contributed by atoms with van der Waals surface area (Å²) in [5.41, 5.74) is 4.26. The van der Waals surface area contributed by atoms with Crippen LogP contribution in [-0.4, -0.2) is 34.6 Å². The fourth-order valence-electron chi connectivity index (χ4n) is 5.06. The van der Waals surface area contributed by atoms with Gasteiger partial charge in [0.2, 0.25) is 11.9 Å². The van der Waals surface area contributed by atoms with E-state index in [-0.39, 0.29) is 17.9 Å². The standard InChI is InChI=1S/C29H32N4O/c1-21(2)33-26-16-10-9-15-25(26)31-29(33)32-19-17-24(18-20-32)30-28(34)27(22-11-5-3-6-12-22)23-13-7-4-8-14-23/h3-16,21,24,27H,17-20H2,1-2H3,(H,30,34). The summed E-state index contributed by atoms with van der Waals surface area (Å²) in [5, 5.41) is 3.36. The number of amides is 1. The first kappa shape index (κ1) is 22.2. The quantitative estimate of drug-likeness (QED) is 0.418. The smallest absolute Gasteiger partial charge is 0.232 e. The third-order valence-corrected chi connectivity index (χ3v) is 6.75. The van der Waals surface area contributed by atoms with Gasteiger partial charge >= 0.3 is 0 Å². The van der Waals surface area contributed by atoms with Gasteiger partial charge in [-0.1, -0.05) is 72.8 Å².